The monoisotopic (exact) mass is 135 g/mol. The van der Waals surface area contributed by atoms with Crippen LogP contribution in [0.4, 0.5) is 5.82 Å². The van der Waals surface area contributed by atoms with Gasteiger partial charge in [-0.25, -0.2) is 15.0 Å². The van der Waals surface area contributed by atoms with Gasteiger partial charge in [-0.2, -0.15) is 0 Å². The van der Waals surface area contributed by atoms with Crippen LogP contribution in [0.2, 0.25) is 0 Å². The average Bonchev–Trinajstić information content (AvgIpc) is 2.28. The molecule has 0 aliphatic carbocycles. The fourth-order valence-electron chi connectivity index (χ4n) is 0.852. The molecule has 1 aliphatic rings. The zero-order valence-corrected chi connectivity index (χ0v) is 5.33. The van der Waals surface area contributed by atoms with Crippen LogP contribution in [0, 0.1) is 0 Å². The van der Waals surface area contributed by atoms with Crippen LogP contribution in [0.5, 0.6) is 0 Å². The number of aromatic amines is 1. The van der Waals surface area contributed by atoms with E-state index in [4.69, 9.17) is 0 Å². The topological polar surface area (TPSA) is 55.0 Å². The van der Waals surface area contributed by atoms with E-state index < -0.39 is 0 Å². The number of hydrogen-bond donors (Lipinski definition) is 2. The Kier molecular flexibility index (Phi) is 1.10. The number of nitrogens with zero attached hydrogens (tertiary/aromatic N) is 2. The van der Waals surface area contributed by atoms with E-state index in [1.54, 1.807) is 12.5 Å². The van der Waals surface area contributed by atoms with Gasteiger partial charge in [0, 0.05) is 0 Å². The van der Waals surface area contributed by atoms with Crippen molar-refractivity contribution in [2.24, 2.45) is 4.99 Å². The molecule has 10 heavy (non-hydrogen) atoms. The van der Waals surface area contributed by atoms with E-state index in [0.717, 1.165) is 18.1 Å². The van der Waals surface area contributed by atoms with Crippen molar-refractivity contribution in [2.45, 2.75) is 0 Å². The Morgan fingerprint density at radius 1 is 1.60 bits per heavy atom. The van der Waals surface area contributed by atoms with Crippen LogP contribution >= 0.6 is 0 Å². The van der Waals surface area contributed by atoms with E-state index in [1.807, 2.05) is 6.21 Å². The molecule has 2 N–H and O–H groups in total. The third-order valence-corrected chi connectivity index (χ3v) is 1.32. The lowest BCUT2D eigenvalue weighted by Crippen LogP contribution is -2.69. The predicted molar refractivity (Wildman–Crippen MR) is 37.7 cm³/mol. The number of H-pyrrole nitrogens is 1. The summed E-state index contributed by atoms with van der Waals surface area (Å²) in [5.41, 5.74) is 0.939. The molecule has 4 nitrogen and oxygen atoms in total. The zero-order valence-electron chi connectivity index (χ0n) is 5.33. The molecule has 1 aromatic heterocycles. The van der Waals surface area contributed by atoms with Gasteiger partial charge < -0.3 is 4.98 Å². The van der Waals surface area contributed by atoms with Gasteiger partial charge in [-0.1, -0.05) is 0 Å². The standard InChI is InChI=1S/C6H6N4/c1-2-8-6-5(3-7-1)9-4-10-6/h2-4H,1H2,(H,9,10)/p+1. The molecule has 0 saturated carbocycles. The van der Waals surface area contributed by atoms with Crippen molar-refractivity contribution in [2.75, 3.05) is 6.54 Å². The molecule has 1 aromatic rings. The molecule has 50 valence electrons. The van der Waals surface area contributed by atoms with Crippen LogP contribution in [0.1, 0.15) is 5.69 Å². The first kappa shape index (κ1) is 5.34. The van der Waals surface area contributed by atoms with Gasteiger partial charge in [0.05, 0.1) is 12.5 Å². The Bertz CT molecular complexity index is 257. The van der Waals surface area contributed by atoms with Crippen molar-refractivity contribution in [1.29, 1.82) is 0 Å². The lowest BCUT2D eigenvalue weighted by atomic mass is 10.5. The van der Waals surface area contributed by atoms with Crippen LogP contribution in [-0.2, 0) is 0 Å². The molecule has 2 heterocycles. The van der Waals surface area contributed by atoms with Gasteiger partial charge in [-0.3, -0.25) is 0 Å². The second kappa shape index (κ2) is 2.06. The first-order chi connectivity index (χ1) is 4.97. The quantitative estimate of drug-likeness (QED) is 0.453. The van der Waals surface area contributed by atoms with E-state index in [-0.39, 0.29) is 0 Å². The third kappa shape index (κ3) is 0.737. The van der Waals surface area contributed by atoms with E-state index >= 15 is 0 Å². The van der Waals surface area contributed by atoms with Crippen LogP contribution in [0.3, 0.4) is 0 Å². The molecule has 1 aliphatic heterocycles. The van der Waals surface area contributed by atoms with Crippen molar-refractivity contribution in [3.8, 4) is 0 Å². The lowest BCUT2D eigenvalue weighted by molar-refractivity contribution is -0.431. The number of aliphatic imine (C=N–C) groups is 1. The van der Waals surface area contributed by atoms with Crippen LogP contribution in [0.25, 0.3) is 0 Å². The summed E-state index contributed by atoms with van der Waals surface area (Å²) in [6.07, 6.45) is 5.30. The highest BCUT2D eigenvalue weighted by atomic mass is 15.0. The highest BCUT2D eigenvalue weighted by molar-refractivity contribution is 5.82. The smallest absolute Gasteiger partial charge is 0.189 e. The summed E-state index contributed by atoms with van der Waals surface area (Å²) in [6, 6.07) is 0. The van der Waals surface area contributed by atoms with E-state index in [1.165, 1.54) is 0 Å². The Labute approximate surface area is 57.7 Å². The summed E-state index contributed by atoms with van der Waals surface area (Å²) in [5, 5.41) is 0. The van der Waals surface area contributed by atoms with E-state index in [9.17, 15) is 0 Å². The van der Waals surface area contributed by atoms with Crippen molar-refractivity contribution < 1.29 is 4.99 Å². The minimum absolute atomic E-state index is 0.755. The minimum Gasteiger partial charge on any atom is -0.338 e. The minimum atomic E-state index is 0.755. The van der Waals surface area contributed by atoms with Gasteiger partial charge in [0.1, 0.15) is 5.69 Å². The molecule has 0 bridgehead atoms. The number of fused-ring (bicyclic) bond motifs is 1. The normalized spacial score (nSPS) is 14.8. The molecule has 0 fully saturated rings. The SMILES string of the molecule is C1=Nc2nc[nH]c2C=[NH+]C1. The molecule has 0 aromatic carbocycles. The van der Waals surface area contributed by atoms with E-state index in [2.05, 4.69) is 20.0 Å². The van der Waals surface area contributed by atoms with Crippen molar-refractivity contribution in [3.63, 3.8) is 0 Å². The fraction of sp³-hybridized carbons (Fsp3) is 0.167. The molecule has 2 rings (SSSR count). The van der Waals surface area contributed by atoms with Crippen LogP contribution in [-0.4, -0.2) is 28.9 Å². The third-order valence-electron chi connectivity index (χ3n) is 1.32. The number of hydrogen-bond acceptors (Lipinski definition) is 2. The first-order valence-corrected chi connectivity index (χ1v) is 3.09. The largest absolute Gasteiger partial charge is 0.338 e. The molecule has 0 amide bonds. The molecule has 0 unspecified atom stereocenters. The maximum absolute atomic E-state index is 4.09. The summed E-state index contributed by atoms with van der Waals surface area (Å²) in [5.74, 6) is 0.755. The maximum atomic E-state index is 4.09. The zero-order chi connectivity index (χ0) is 6.81. The number of rotatable bonds is 0. The number of aromatic nitrogens is 2. The van der Waals surface area contributed by atoms with Gasteiger partial charge >= 0.3 is 0 Å². The Morgan fingerprint density at radius 3 is 3.60 bits per heavy atom. The average molecular weight is 135 g/mol. The molecular formula is C6H7N4+. The van der Waals surface area contributed by atoms with Gasteiger partial charge in [0.25, 0.3) is 0 Å². The molecule has 0 spiro atoms. The molecule has 4 heteroatoms. The fourth-order valence-corrected chi connectivity index (χ4v) is 0.852. The Morgan fingerprint density at radius 2 is 2.60 bits per heavy atom. The van der Waals surface area contributed by atoms with Gasteiger partial charge in [0.15, 0.2) is 18.6 Å². The molecular weight excluding hydrogens is 128 g/mol. The van der Waals surface area contributed by atoms with E-state index in [0.29, 0.717) is 0 Å². The molecule has 0 saturated heterocycles. The van der Waals surface area contributed by atoms with Crippen molar-refractivity contribution >= 4 is 18.2 Å². The highest BCUT2D eigenvalue weighted by Crippen LogP contribution is 2.08. The van der Waals surface area contributed by atoms with Crippen LogP contribution in [0.15, 0.2) is 11.3 Å². The summed E-state index contributed by atoms with van der Waals surface area (Å²) in [4.78, 5) is 14.1. The summed E-state index contributed by atoms with van der Waals surface area (Å²) in [6.45, 7) is 0.768. The lowest BCUT2D eigenvalue weighted by Gasteiger charge is -1.79. The van der Waals surface area contributed by atoms with Crippen molar-refractivity contribution in [3.05, 3.63) is 12.0 Å². The number of nitrogens with one attached hydrogen (secondary N) is 2. The first-order valence-electron chi connectivity index (χ1n) is 3.09. The van der Waals surface area contributed by atoms with Gasteiger partial charge in [-0.05, 0) is 0 Å². The maximum Gasteiger partial charge on any atom is 0.189 e. The molecule has 0 atom stereocenters. The summed E-state index contributed by atoms with van der Waals surface area (Å²) in [7, 11) is 0. The second-order valence-electron chi connectivity index (χ2n) is 2.00. The molecule has 0 radical (unpaired) electrons. The Balaban J connectivity index is 2.56. The van der Waals surface area contributed by atoms with Gasteiger partial charge in [-0.15, -0.1) is 0 Å². The Hall–Kier alpha value is -1.45. The van der Waals surface area contributed by atoms with Crippen LogP contribution < -0.4 is 4.99 Å². The highest BCUT2D eigenvalue weighted by Gasteiger charge is 2.04. The van der Waals surface area contributed by atoms with Gasteiger partial charge in [0.2, 0.25) is 0 Å². The van der Waals surface area contributed by atoms with Crippen molar-refractivity contribution in [1.82, 2.24) is 9.97 Å². The summed E-state index contributed by atoms with van der Waals surface area (Å²) < 4.78 is 0. The number of imidazole rings is 1. The predicted octanol–water partition coefficient (Wildman–Crippen LogP) is -1.37. The second-order valence-corrected chi connectivity index (χ2v) is 2.00. The summed E-state index contributed by atoms with van der Waals surface area (Å²) >= 11 is 0.